The normalized spacial score (nSPS) is 15.7. The molecule has 2 aliphatic heterocycles. The Balaban J connectivity index is 1.43. The van der Waals surface area contributed by atoms with Gasteiger partial charge < -0.3 is 25.2 Å². The number of hydrogen-bond donors (Lipinski definition) is 2. The predicted octanol–water partition coefficient (Wildman–Crippen LogP) is 4.84. The molecule has 0 saturated carbocycles. The Morgan fingerprint density at radius 3 is 2.60 bits per heavy atom. The zero-order valence-corrected chi connectivity index (χ0v) is 20.4. The maximum absolute atomic E-state index is 14.8. The lowest BCUT2D eigenvalue weighted by atomic mass is 10.1. The number of halogens is 3. The molecule has 1 aromatic heterocycles. The molecule has 2 aromatic carbocycles. The van der Waals surface area contributed by atoms with Gasteiger partial charge in [-0.15, -0.1) is 0 Å². The number of anilines is 4. The number of fused-ring (bicyclic) bond motifs is 1. The minimum Gasteiger partial charge on any atom is -0.488 e. The van der Waals surface area contributed by atoms with Crippen LogP contribution in [0.5, 0.6) is 5.75 Å². The first kappa shape index (κ1) is 23.6. The van der Waals surface area contributed by atoms with E-state index in [0.717, 1.165) is 38.1 Å². The zero-order valence-electron chi connectivity index (χ0n) is 19.6. The van der Waals surface area contributed by atoms with E-state index in [4.69, 9.17) is 16.3 Å². The fourth-order valence-electron chi connectivity index (χ4n) is 4.48. The highest BCUT2D eigenvalue weighted by atomic mass is 35.5. The summed E-state index contributed by atoms with van der Waals surface area (Å²) >= 11 is 6.50. The molecule has 0 amide bonds. The average molecular weight is 501 g/mol. The number of nitrogens with one attached hydrogen (secondary N) is 2. The van der Waals surface area contributed by atoms with Gasteiger partial charge in [0.05, 0.1) is 29.1 Å². The fraction of sp³-hybridized carbons (Fsp3) is 0.360. The van der Waals surface area contributed by atoms with E-state index in [1.807, 2.05) is 11.0 Å². The Morgan fingerprint density at radius 1 is 1.06 bits per heavy atom. The predicted molar refractivity (Wildman–Crippen MR) is 135 cm³/mol. The topological polar surface area (TPSA) is 65.6 Å². The van der Waals surface area contributed by atoms with Gasteiger partial charge in [0, 0.05) is 43.5 Å². The quantitative estimate of drug-likeness (QED) is 0.520. The molecule has 10 heteroatoms. The molecule has 2 N–H and O–H groups in total. The van der Waals surface area contributed by atoms with Crippen molar-refractivity contribution in [2.45, 2.75) is 19.9 Å². The van der Waals surface area contributed by atoms with Gasteiger partial charge in [0.15, 0.2) is 11.6 Å². The van der Waals surface area contributed by atoms with Crippen LogP contribution in [0.25, 0.3) is 11.3 Å². The molecule has 3 aromatic rings. The molecule has 184 valence electrons. The van der Waals surface area contributed by atoms with Crippen LogP contribution in [0.1, 0.15) is 13.8 Å². The molecule has 0 atom stereocenters. The SMILES string of the molecule is CC(C)N1CCOc2c(Cl)cc(-c3nc(Nc4ccc(N5CCNCC5)c(F)c4)ncc3F)cc21. The van der Waals surface area contributed by atoms with Crippen molar-refractivity contribution in [1.82, 2.24) is 15.3 Å². The van der Waals surface area contributed by atoms with E-state index in [1.54, 1.807) is 18.2 Å². The van der Waals surface area contributed by atoms with Crippen molar-refractivity contribution in [3.63, 3.8) is 0 Å². The van der Waals surface area contributed by atoms with E-state index in [2.05, 4.69) is 39.3 Å². The van der Waals surface area contributed by atoms with Crippen LogP contribution in [0.3, 0.4) is 0 Å². The van der Waals surface area contributed by atoms with Crippen molar-refractivity contribution in [1.29, 1.82) is 0 Å². The molecule has 5 rings (SSSR count). The van der Waals surface area contributed by atoms with Gasteiger partial charge in [-0.05, 0) is 44.2 Å². The van der Waals surface area contributed by atoms with Gasteiger partial charge in [0.2, 0.25) is 5.95 Å². The molecular weight excluding hydrogens is 474 g/mol. The molecule has 0 radical (unpaired) electrons. The monoisotopic (exact) mass is 500 g/mol. The summed E-state index contributed by atoms with van der Waals surface area (Å²) < 4.78 is 35.4. The van der Waals surface area contributed by atoms with Gasteiger partial charge in [-0.2, -0.15) is 0 Å². The Morgan fingerprint density at radius 2 is 1.86 bits per heavy atom. The van der Waals surface area contributed by atoms with Crippen molar-refractivity contribution < 1.29 is 13.5 Å². The van der Waals surface area contributed by atoms with E-state index >= 15 is 0 Å². The average Bonchev–Trinajstić information content (AvgIpc) is 2.85. The van der Waals surface area contributed by atoms with Crippen LogP contribution in [0.15, 0.2) is 36.5 Å². The summed E-state index contributed by atoms with van der Waals surface area (Å²) in [7, 11) is 0. The van der Waals surface area contributed by atoms with Crippen LogP contribution in [0.4, 0.5) is 31.8 Å². The van der Waals surface area contributed by atoms with E-state index in [-0.39, 0.29) is 23.5 Å². The largest absolute Gasteiger partial charge is 0.488 e. The van der Waals surface area contributed by atoms with Gasteiger partial charge in [0.25, 0.3) is 0 Å². The van der Waals surface area contributed by atoms with Gasteiger partial charge in [-0.3, -0.25) is 0 Å². The number of aromatic nitrogens is 2. The minimum absolute atomic E-state index is 0.0967. The second-order valence-corrected chi connectivity index (χ2v) is 9.27. The second kappa shape index (κ2) is 9.83. The highest BCUT2D eigenvalue weighted by Gasteiger charge is 2.25. The molecule has 0 bridgehead atoms. The third kappa shape index (κ3) is 4.83. The smallest absolute Gasteiger partial charge is 0.227 e. The molecule has 0 aliphatic carbocycles. The lowest BCUT2D eigenvalue weighted by Gasteiger charge is -2.35. The molecule has 0 unspecified atom stereocenters. The summed E-state index contributed by atoms with van der Waals surface area (Å²) in [5, 5.41) is 6.64. The van der Waals surface area contributed by atoms with Crippen molar-refractivity contribution in [3.8, 4) is 17.0 Å². The van der Waals surface area contributed by atoms with Crippen molar-refractivity contribution >= 4 is 34.6 Å². The van der Waals surface area contributed by atoms with Crippen LogP contribution >= 0.6 is 11.6 Å². The molecule has 1 saturated heterocycles. The maximum atomic E-state index is 14.8. The van der Waals surface area contributed by atoms with E-state index < -0.39 is 5.82 Å². The van der Waals surface area contributed by atoms with Gasteiger partial charge in [0.1, 0.15) is 18.1 Å². The number of benzene rings is 2. The molecule has 3 heterocycles. The fourth-order valence-corrected chi connectivity index (χ4v) is 4.75. The molecule has 7 nitrogen and oxygen atoms in total. The lowest BCUT2D eigenvalue weighted by molar-refractivity contribution is 0.303. The van der Waals surface area contributed by atoms with Gasteiger partial charge in [-0.25, -0.2) is 18.7 Å². The Bertz CT molecular complexity index is 1230. The molecular formula is C25H27ClF2N6O. The number of piperazine rings is 1. The summed E-state index contributed by atoms with van der Waals surface area (Å²) in [6.07, 6.45) is 1.10. The van der Waals surface area contributed by atoms with E-state index in [1.165, 1.54) is 6.07 Å². The summed E-state index contributed by atoms with van der Waals surface area (Å²) in [6.45, 7) is 8.53. The Kier molecular flexibility index (Phi) is 6.62. The zero-order chi connectivity index (χ0) is 24.5. The molecule has 0 spiro atoms. The van der Waals surface area contributed by atoms with Crippen molar-refractivity contribution in [2.75, 3.05) is 54.4 Å². The van der Waals surface area contributed by atoms with Crippen molar-refractivity contribution in [3.05, 3.63) is 53.2 Å². The third-order valence-corrected chi connectivity index (χ3v) is 6.50. The first-order valence-corrected chi connectivity index (χ1v) is 12.1. The second-order valence-electron chi connectivity index (χ2n) is 8.86. The summed E-state index contributed by atoms with van der Waals surface area (Å²) in [6, 6.07) is 8.59. The summed E-state index contributed by atoms with van der Waals surface area (Å²) in [4.78, 5) is 12.6. The maximum Gasteiger partial charge on any atom is 0.227 e. The third-order valence-electron chi connectivity index (χ3n) is 6.21. The van der Waals surface area contributed by atoms with Crippen LogP contribution in [-0.2, 0) is 0 Å². The van der Waals surface area contributed by atoms with E-state index in [0.29, 0.717) is 40.9 Å². The number of hydrogen-bond acceptors (Lipinski definition) is 7. The van der Waals surface area contributed by atoms with Crippen LogP contribution in [0, 0.1) is 11.6 Å². The number of nitrogens with zero attached hydrogens (tertiary/aromatic N) is 4. The number of rotatable bonds is 5. The standard InChI is InChI=1S/C25H27ClF2N6O/c1-15(2)34-9-10-35-24-18(26)11-16(12-22(24)34)23-20(28)14-30-25(32-23)31-17-3-4-21(19(27)13-17)33-7-5-29-6-8-33/h3-4,11-15,29H,5-10H2,1-2H3,(H,30,31,32). The Labute approximate surface area is 208 Å². The lowest BCUT2D eigenvalue weighted by Crippen LogP contribution is -2.43. The summed E-state index contributed by atoms with van der Waals surface area (Å²) in [5.74, 6) is -0.182. The van der Waals surface area contributed by atoms with Gasteiger partial charge >= 0.3 is 0 Å². The molecule has 2 aliphatic rings. The highest BCUT2D eigenvalue weighted by molar-refractivity contribution is 6.33. The van der Waals surface area contributed by atoms with Crippen LogP contribution < -0.4 is 25.2 Å². The minimum atomic E-state index is -0.584. The number of ether oxygens (including phenoxy) is 1. The van der Waals surface area contributed by atoms with Crippen LogP contribution in [-0.4, -0.2) is 55.3 Å². The molecule has 1 fully saturated rings. The van der Waals surface area contributed by atoms with Gasteiger partial charge in [-0.1, -0.05) is 11.6 Å². The highest BCUT2D eigenvalue weighted by Crippen LogP contribution is 2.42. The van der Waals surface area contributed by atoms with Crippen LogP contribution in [0.2, 0.25) is 5.02 Å². The van der Waals surface area contributed by atoms with Crippen molar-refractivity contribution in [2.24, 2.45) is 0 Å². The molecule has 35 heavy (non-hydrogen) atoms. The van der Waals surface area contributed by atoms with E-state index in [9.17, 15) is 8.78 Å². The first-order chi connectivity index (χ1) is 16.9. The first-order valence-electron chi connectivity index (χ1n) is 11.7. The Hall–Kier alpha value is -3.17. The summed E-state index contributed by atoms with van der Waals surface area (Å²) in [5.41, 5.74) is 2.43.